The molecule has 11 unspecified atom stereocenters. The zero-order chi connectivity index (χ0) is 32.0. The van der Waals surface area contributed by atoms with Crippen LogP contribution in [0.25, 0.3) is 6.08 Å². The molecule has 0 bridgehead atoms. The third-order valence-corrected chi connectivity index (χ3v) is 7.72. The summed E-state index contributed by atoms with van der Waals surface area (Å²) in [6.07, 6.45) is -18.7. The van der Waals surface area contributed by atoms with Gasteiger partial charge in [-0.1, -0.05) is 18.2 Å². The second-order valence-electron chi connectivity index (χ2n) is 10.4. The van der Waals surface area contributed by atoms with Crippen LogP contribution in [0.5, 0.6) is 5.75 Å². The number of aliphatic hydroxyl groups is 11. The van der Waals surface area contributed by atoms with Crippen LogP contribution in [0.2, 0.25) is 0 Å². The molecule has 16 nitrogen and oxygen atoms in total. The molecule has 2 heterocycles. The molecular formula is C27H32O16. The highest BCUT2D eigenvalue weighted by Crippen LogP contribution is 2.42. The van der Waals surface area contributed by atoms with E-state index in [0.717, 1.165) is 6.08 Å². The van der Waals surface area contributed by atoms with Crippen LogP contribution in [0.4, 0.5) is 0 Å². The van der Waals surface area contributed by atoms with Crippen molar-refractivity contribution < 1.29 is 80.3 Å². The summed E-state index contributed by atoms with van der Waals surface area (Å²) in [6, 6.07) is 5.38. The second-order valence-corrected chi connectivity index (χ2v) is 10.4. The summed E-state index contributed by atoms with van der Waals surface area (Å²) in [5.41, 5.74) is -5.62. The molecule has 12 N–H and O–H groups in total. The SMILES string of the molecule is O=C1C(=C(O)/C=C/c2ccc(O)cc2)C(O)=C(C2OC(CO)C(O)C(O)C2O)C(=O)C1(O)C1OC(CO)C(O)C(O)C1O. The smallest absolute Gasteiger partial charge is 0.219 e. The monoisotopic (exact) mass is 612 g/mol. The molecule has 4 rings (SSSR count). The first kappa shape index (κ1) is 32.6. The van der Waals surface area contributed by atoms with Crippen LogP contribution >= 0.6 is 0 Å². The first-order valence-corrected chi connectivity index (χ1v) is 13.0. The number of phenolic OH excluding ortho intramolecular Hbond substituents is 1. The Morgan fingerprint density at radius 3 is 1.86 bits per heavy atom. The number of aliphatic hydroxyl groups excluding tert-OH is 10. The predicted molar refractivity (Wildman–Crippen MR) is 139 cm³/mol. The molecule has 0 aromatic heterocycles. The summed E-state index contributed by atoms with van der Waals surface area (Å²) in [7, 11) is 0. The van der Waals surface area contributed by atoms with Crippen molar-refractivity contribution in [2.45, 2.75) is 66.6 Å². The zero-order valence-electron chi connectivity index (χ0n) is 22.2. The molecule has 236 valence electrons. The number of Topliss-reactive ketones (excluding diaryl/α,β-unsaturated/α-hetero) is 2. The second kappa shape index (κ2) is 12.4. The number of rotatable bonds is 6. The van der Waals surface area contributed by atoms with E-state index in [-0.39, 0.29) is 5.75 Å². The van der Waals surface area contributed by atoms with Gasteiger partial charge >= 0.3 is 0 Å². The fourth-order valence-electron chi connectivity index (χ4n) is 5.24. The highest BCUT2D eigenvalue weighted by Gasteiger charge is 2.65. The molecule has 0 saturated carbocycles. The Labute approximate surface area is 242 Å². The van der Waals surface area contributed by atoms with E-state index >= 15 is 0 Å². The minimum absolute atomic E-state index is 0.0879. The number of ketones is 2. The normalized spacial score (nSPS) is 40.3. The van der Waals surface area contributed by atoms with Crippen molar-refractivity contribution in [2.24, 2.45) is 0 Å². The number of hydrogen-bond donors (Lipinski definition) is 12. The average molecular weight is 613 g/mol. The lowest BCUT2D eigenvalue weighted by molar-refractivity contribution is -0.261. The van der Waals surface area contributed by atoms with Gasteiger partial charge in [-0.25, -0.2) is 0 Å². The van der Waals surface area contributed by atoms with Crippen molar-refractivity contribution in [2.75, 3.05) is 13.2 Å². The van der Waals surface area contributed by atoms with E-state index < -0.39 is 114 Å². The lowest BCUT2D eigenvalue weighted by Gasteiger charge is -2.48. The Bertz CT molecular complexity index is 1320. The van der Waals surface area contributed by atoms with E-state index in [4.69, 9.17) is 9.47 Å². The van der Waals surface area contributed by atoms with Gasteiger partial charge in [-0.05, 0) is 23.8 Å². The van der Waals surface area contributed by atoms with Crippen LogP contribution < -0.4 is 0 Å². The van der Waals surface area contributed by atoms with E-state index in [1.165, 1.54) is 30.3 Å². The molecule has 0 amide bonds. The van der Waals surface area contributed by atoms with Gasteiger partial charge in [0.2, 0.25) is 17.2 Å². The molecule has 2 saturated heterocycles. The third kappa shape index (κ3) is 5.47. The van der Waals surface area contributed by atoms with Crippen LogP contribution in [0.15, 0.2) is 53.0 Å². The average Bonchev–Trinajstić information content (AvgIpc) is 2.98. The lowest BCUT2D eigenvalue weighted by Crippen LogP contribution is -2.72. The Kier molecular flexibility index (Phi) is 9.41. The Hall–Kier alpha value is -3.26. The van der Waals surface area contributed by atoms with Gasteiger partial charge in [0.15, 0.2) is 0 Å². The van der Waals surface area contributed by atoms with Gasteiger partial charge in [0.05, 0.1) is 18.8 Å². The molecule has 2 aliphatic heterocycles. The van der Waals surface area contributed by atoms with Crippen LogP contribution in [-0.2, 0) is 19.1 Å². The standard InChI is InChI=1S/C27H32O16/c28-7-12-16(32)19(35)21(37)23(42-12)15-18(34)14(11(31)6-3-9-1-4-10(30)5-2-9)24(39)27(41,25(15)40)26-22(38)20(36)17(33)13(8-29)43-26/h1-6,12-13,16-17,19-23,26,28-38,41H,7-8H2/b6-3+,14-11?. The first-order chi connectivity index (χ1) is 20.2. The summed E-state index contributed by atoms with van der Waals surface area (Å²) < 4.78 is 10.6. The third-order valence-electron chi connectivity index (χ3n) is 7.72. The molecule has 43 heavy (non-hydrogen) atoms. The van der Waals surface area contributed by atoms with Crippen LogP contribution in [0.1, 0.15) is 5.56 Å². The largest absolute Gasteiger partial charge is 0.508 e. The summed E-state index contributed by atoms with van der Waals surface area (Å²) in [6.45, 7) is -1.99. The van der Waals surface area contributed by atoms with E-state index in [1.54, 1.807) is 0 Å². The fraction of sp³-hybridized carbons (Fsp3) is 0.481. The highest BCUT2D eigenvalue weighted by atomic mass is 16.6. The molecule has 11 atom stereocenters. The number of phenols is 1. The van der Waals surface area contributed by atoms with Crippen molar-refractivity contribution in [1.29, 1.82) is 0 Å². The van der Waals surface area contributed by atoms with E-state index in [0.29, 0.717) is 5.56 Å². The molecule has 1 aromatic rings. The summed E-state index contributed by atoms with van der Waals surface area (Å²) in [4.78, 5) is 27.6. The number of carbonyl (C=O) groups excluding carboxylic acids is 2. The number of ether oxygens (including phenoxy) is 2. The van der Waals surface area contributed by atoms with E-state index in [1.807, 2.05) is 0 Å². The van der Waals surface area contributed by atoms with Gasteiger partial charge in [-0.3, -0.25) is 9.59 Å². The Morgan fingerprint density at radius 1 is 0.767 bits per heavy atom. The van der Waals surface area contributed by atoms with Gasteiger partial charge in [-0.2, -0.15) is 0 Å². The lowest BCUT2D eigenvalue weighted by atomic mass is 9.69. The molecule has 16 heteroatoms. The maximum Gasteiger partial charge on any atom is 0.219 e. The highest BCUT2D eigenvalue weighted by molar-refractivity contribution is 6.28. The minimum Gasteiger partial charge on any atom is -0.508 e. The summed E-state index contributed by atoms with van der Waals surface area (Å²) in [5.74, 6) is -6.12. The Balaban J connectivity index is 1.92. The summed E-state index contributed by atoms with van der Waals surface area (Å²) >= 11 is 0. The van der Waals surface area contributed by atoms with Gasteiger partial charge in [0, 0.05) is 0 Å². The van der Waals surface area contributed by atoms with Gasteiger partial charge in [0.25, 0.3) is 0 Å². The van der Waals surface area contributed by atoms with Crippen molar-refractivity contribution >= 4 is 17.6 Å². The van der Waals surface area contributed by atoms with Gasteiger partial charge < -0.3 is 70.8 Å². The molecule has 3 aliphatic rings. The maximum atomic E-state index is 13.9. The minimum atomic E-state index is -3.63. The van der Waals surface area contributed by atoms with Gasteiger partial charge in [-0.15, -0.1) is 0 Å². The van der Waals surface area contributed by atoms with Crippen molar-refractivity contribution in [1.82, 2.24) is 0 Å². The van der Waals surface area contributed by atoms with Crippen molar-refractivity contribution in [3.05, 3.63) is 58.6 Å². The number of allylic oxidation sites excluding steroid dienone is 2. The van der Waals surface area contributed by atoms with Crippen LogP contribution in [0.3, 0.4) is 0 Å². The van der Waals surface area contributed by atoms with Crippen molar-refractivity contribution in [3.63, 3.8) is 0 Å². The molecule has 1 aliphatic carbocycles. The maximum absolute atomic E-state index is 13.9. The van der Waals surface area contributed by atoms with Crippen LogP contribution in [-0.4, -0.2) is 153 Å². The molecule has 0 spiro atoms. The molecule has 1 aromatic carbocycles. The van der Waals surface area contributed by atoms with Gasteiger partial charge in [0.1, 0.15) is 83.9 Å². The quantitative estimate of drug-likeness (QED) is 0.0820. The molecular weight excluding hydrogens is 580 g/mol. The van der Waals surface area contributed by atoms with E-state index in [9.17, 15) is 70.9 Å². The number of hydrogen-bond acceptors (Lipinski definition) is 16. The number of aromatic hydroxyl groups is 1. The van der Waals surface area contributed by atoms with Crippen LogP contribution in [0, 0.1) is 0 Å². The van der Waals surface area contributed by atoms with Crippen molar-refractivity contribution in [3.8, 4) is 5.75 Å². The van der Waals surface area contributed by atoms with E-state index in [2.05, 4.69) is 0 Å². The molecule has 2 fully saturated rings. The Morgan fingerprint density at radius 2 is 1.30 bits per heavy atom. The topological polar surface area (TPSA) is 295 Å². The fourth-order valence-corrected chi connectivity index (χ4v) is 5.24. The summed E-state index contributed by atoms with van der Waals surface area (Å²) in [5, 5.41) is 125. The predicted octanol–water partition coefficient (Wildman–Crippen LogP) is -4.40. The first-order valence-electron chi connectivity index (χ1n) is 13.0. The number of carbonyl (C=O) groups is 2. The molecule has 0 radical (unpaired) electrons. The number of benzene rings is 1. The zero-order valence-corrected chi connectivity index (χ0v) is 22.2.